The van der Waals surface area contributed by atoms with Gasteiger partial charge >= 0.3 is 5.97 Å². The normalized spacial score (nSPS) is 11.9. The molecule has 0 radical (unpaired) electrons. The van der Waals surface area contributed by atoms with Gasteiger partial charge in [0.15, 0.2) is 0 Å². The highest BCUT2D eigenvalue weighted by atomic mass is 16.7. The standard InChI is InChI=1S/C14H19NO4/c1-5-18-13(16)14(2,3)19-15-12(17-4)11-9-7-6-8-10-11/h6-10H,5H2,1-4H3/b15-12-. The van der Waals surface area contributed by atoms with Crippen molar-refractivity contribution < 1.29 is 19.1 Å². The van der Waals surface area contributed by atoms with Crippen LogP contribution < -0.4 is 0 Å². The lowest BCUT2D eigenvalue weighted by Crippen LogP contribution is -2.35. The maximum absolute atomic E-state index is 11.6. The Kier molecular flexibility index (Phi) is 5.36. The van der Waals surface area contributed by atoms with Crippen LogP contribution >= 0.6 is 0 Å². The van der Waals surface area contributed by atoms with E-state index in [0.29, 0.717) is 12.5 Å². The summed E-state index contributed by atoms with van der Waals surface area (Å²) >= 11 is 0. The maximum Gasteiger partial charge on any atom is 0.352 e. The van der Waals surface area contributed by atoms with Crippen molar-refractivity contribution in [2.75, 3.05) is 13.7 Å². The average Bonchev–Trinajstić information content (AvgIpc) is 2.41. The number of oxime groups is 1. The number of carbonyl (C=O) groups is 1. The van der Waals surface area contributed by atoms with E-state index in [1.54, 1.807) is 20.8 Å². The molecule has 5 heteroatoms. The van der Waals surface area contributed by atoms with Crippen LogP contribution in [0, 0.1) is 0 Å². The zero-order valence-electron chi connectivity index (χ0n) is 11.7. The van der Waals surface area contributed by atoms with Gasteiger partial charge in [0, 0.05) is 5.56 Å². The fourth-order valence-electron chi connectivity index (χ4n) is 1.29. The van der Waals surface area contributed by atoms with Crippen molar-refractivity contribution in [1.29, 1.82) is 0 Å². The van der Waals surface area contributed by atoms with Crippen LogP contribution in [-0.4, -0.2) is 31.2 Å². The van der Waals surface area contributed by atoms with Gasteiger partial charge in [-0.15, -0.1) is 0 Å². The number of hydrogen-bond acceptors (Lipinski definition) is 5. The SMILES string of the molecule is CCOC(=O)C(C)(C)O/N=C(\OC)c1ccccc1. The molecule has 0 bridgehead atoms. The molecule has 0 saturated heterocycles. The molecule has 1 aromatic carbocycles. The van der Waals surface area contributed by atoms with E-state index >= 15 is 0 Å². The predicted molar refractivity (Wildman–Crippen MR) is 71.8 cm³/mol. The van der Waals surface area contributed by atoms with Crippen LogP contribution in [0.4, 0.5) is 0 Å². The van der Waals surface area contributed by atoms with E-state index in [9.17, 15) is 4.79 Å². The van der Waals surface area contributed by atoms with Gasteiger partial charge in [-0.05, 0) is 38.1 Å². The van der Waals surface area contributed by atoms with Gasteiger partial charge in [0.2, 0.25) is 5.60 Å². The first-order chi connectivity index (χ1) is 9.01. The Hall–Kier alpha value is -2.04. The van der Waals surface area contributed by atoms with Gasteiger partial charge in [0.25, 0.3) is 5.90 Å². The summed E-state index contributed by atoms with van der Waals surface area (Å²) in [7, 11) is 1.49. The van der Waals surface area contributed by atoms with Crippen molar-refractivity contribution in [2.24, 2.45) is 5.16 Å². The Bertz CT molecular complexity index is 440. The molecule has 0 aliphatic carbocycles. The highest BCUT2D eigenvalue weighted by Gasteiger charge is 2.32. The molecule has 0 aliphatic rings. The van der Waals surface area contributed by atoms with Crippen molar-refractivity contribution in [3.63, 3.8) is 0 Å². The predicted octanol–water partition coefficient (Wildman–Crippen LogP) is 2.35. The zero-order valence-corrected chi connectivity index (χ0v) is 11.7. The van der Waals surface area contributed by atoms with Gasteiger partial charge < -0.3 is 14.3 Å². The molecule has 0 amide bonds. The monoisotopic (exact) mass is 265 g/mol. The minimum atomic E-state index is -1.16. The molecule has 1 rings (SSSR count). The van der Waals surface area contributed by atoms with E-state index in [-0.39, 0.29) is 0 Å². The van der Waals surface area contributed by atoms with Crippen molar-refractivity contribution in [1.82, 2.24) is 0 Å². The molecule has 0 N–H and O–H groups in total. The van der Waals surface area contributed by atoms with Crippen LogP contribution in [0.25, 0.3) is 0 Å². The van der Waals surface area contributed by atoms with Gasteiger partial charge in [-0.25, -0.2) is 4.79 Å². The number of esters is 1. The number of benzene rings is 1. The van der Waals surface area contributed by atoms with Crippen molar-refractivity contribution >= 4 is 11.9 Å². The second kappa shape index (κ2) is 6.78. The third-order valence-electron chi connectivity index (χ3n) is 2.34. The molecule has 0 saturated carbocycles. The Morgan fingerprint density at radius 3 is 2.42 bits per heavy atom. The number of ether oxygens (including phenoxy) is 2. The Morgan fingerprint density at radius 1 is 1.26 bits per heavy atom. The molecule has 19 heavy (non-hydrogen) atoms. The molecule has 0 fully saturated rings. The Balaban J connectivity index is 2.81. The Labute approximate surface area is 113 Å². The van der Waals surface area contributed by atoms with E-state index in [4.69, 9.17) is 14.3 Å². The number of methoxy groups -OCH3 is 1. The third kappa shape index (κ3) is 4.28. The first-order valence-electron chi connectivity index (χ1n) is 6.04. The number of rotatable bonds is 5. The fourth-order valence-corrected chi connectivity index (χ4v) is 1.29. The van der Waals surface area contributed by atoms with Crippen LogP contribution in [0.5, 0.6) is 0 Å². The lowest BCUT2D eigenvalue weighted by atomic mass is 10.1. The first-order valence-corrected chi connectivity index (χ1v) is 6.04. The van der Waals surface area contributed by atoms with Crippen molar-refractivity contribution in [3.05, 3.63) is 35.9 Å². The highest BCUT2D eigenvalue weighted by molar-refractivity contribution is 5.93. The molecule has 104 valence electrons. The number of nitrogens with zero attached hydrogens (tertiary/aromatic N) is 1. The summed E-state index contributed by atoms with van der Waals surface area (Å²) in [5.41, 5.74) is -0.390. The molecule has 1 aromatic rings. The fraction of sp³-hybridized carbons (Fsp3) is 0.429. The van der Waals surface area contributed by atoms with Crippen LogP contribution in [0.3, 0.4) is 0 Å². The van der Waals surface area contributed by atoms with Crippen LogP contribution in [0.15, 0.2) is 35.5 Å². The minimum absolute atomic E-state index is 0.297. The molecule has 0 heterocycles. The first kappa shape index (κ1) is 15.0. The van der Waals surface area contributed by atoms with Crippen molar-refractivity contribution in [2.45, 2.75) is 26.4 Å². The van der Waals surface area contributed by atoms with Gasteiger partial charge in [-0.3, -0.25) is 0 Å². The minimum Gasteiger partial charge on any atom is -0.479 e. The molecular weight excluding hydrogens is 246 g/mol. The summed E-state index contributed by atoms with van der Waals surface area (Å²) in [5.74, 6) is -0.166. The number of carbonyl (C=O) groups excluding carboxylic acids is 1. The molecule has 0 spiro atoms. The van der Waals surface area contributed by atoms with Gasteiger partial charge in [0.1, 0.15) is 0 Å². The van der Waals surface area contributed by atoms with E-state index in [2.05, 4.69) is 5.16 Å². The smallest absolute Gasteiger partial charge is 0.352 e. The van der Waals surface area contributed by atoms with Crippen LogP contribution in [0.1, 0.15) is 26.3 Å². The topological polar surface area (TPSA) is 57.1 Å². The van der Waals surface area contributed by atoms with Gasteiger partial charge in [-0.2, -0.15) is 0 Å². The van der Waals surface area contributed by atoms with Crippen LogP contribution in [0.2, 0.25) is 0 Å². The highest BCUT2D eigenvalue weighted by Crippen LogP contribution is 2.13. The van der Waals surface area contributed by atoms with E-state index in [1.807, 2.05) is 30.3 Å². The van der Waals surface area contributed by atoms with Gasteiger partial charge in [0.05, 0.1) is 13.7 Å². The molecule has 5 nitrogen and oxygen atoms in total. The average molecular weight is 265 g/mol. The van der Waals surface area contributed by atoms with Crippen molar-refractivity contribution in [3.8, 4) is 0 Å². The maximum atomic E-state index is 11.6. The second-order valence-electron chi connectivity index (χ2n) is 4.29. The Morgan fingerprint density at radius 2 is 1.89 bits per heavy atom. The third-order valence-corrected chi connectivity index (χ3v) is 2.34. The van der Waals surface area contributed by atoms with Crippen LogP contribution in [-0.2, 0) is 19.1 Å². The quantitative estimate of drug-likeness (QED) is 0.355. The van der Waals surface area contributed by atoms with E-state index in [0.717, 1.165) is 5.56 Å². The molecule has 0 aliphatic heterocycles. The molecule has 0 aromatic heterocycles. The summed E-state index contributed by atoms with van der Waals surface area (Å²) in [6, 6.07) is 9.28. The lowest BCUT2D eigenvalue weighted by Gasteiger charge is -2.20. The summed E-state index contributed by atoms with van der Waals surface area (Å²) in [4.78, 5) is 16.9. The van der Waals surface area contributed by atoms with E-state index in [1.165, 1.54) is 7.11 Å². The summed E-state index contributed by atoms with van der Waals surface area (Å²) in [5, 5.41) is 3.88. The lowest BCUT2D eigenvalue weighted by molar-refractivity contribution is -0.167. The second-order valence-corrected chi connectivity index (χ2v) is 4.29. The zero-order chi connectivity index (χ0) is 14.3. The number of hydrogen-bond donors (Lipinski definition) is 0. The largest absolute Gasteiger partial charge is 0.479 e. The molecular formula is C14H19NO4. The summed E-state index contributed by atoms with van der Waals surface area (Å²) in [6.45, 7) is 5.21. The molecule has 0 unspecified atom stereocenters. The summed E-state index contributed by atoms with van der Waals surface area (Å²) < 4.78 is 10.0. The summed E-state index contributed by atoms with van der Waals surface area (Å²) in [6.07, 6.45) is 0. The molecule has 0 atom stereocenters. The van der Waals surface area contributed by atoms with Gasteiger partial charge in [-0.1, -0.05) is 18.2 Å². The van der Waals surface area contributed by atoms with E-state index < -0.39 is 11.6 Å².